The Labute approximate surface area is 114 Å². The smallest absolute Gasteiger partial charge is 0.368 e. The highest BCUT2D eigenvalue weighted by molar-refractivity contribution is 5.53. The second-order valence-corrected chi connectivity index (χ2v) is 4.46. The summed E-state index contributed by atoms with van der Waals surface area (Å²) in [6, 6.07) is 9.60. The molecule has 2 aromatic carbocycles. The van der Waals surface area contributed by atoms with E-state index in [1.807, 2.05) is 0 Å². The Morgan fingerprint density at radius 2 is 1.60 bits per heavy atom. The van der Waals surface area contributed by atoms with Crippen LogP contribution in [0.2, 0.25) is 0 Å². The molecule has 0 aliphatic carbocycles. The summed E-state index contributed by atoms with van der Waals surface area (Å²) in [4.78, 5) is 0. The van der Waals surface area contributed by atoms with Crippen LogP contribution in [-0.4, -0.2) is 6.18 Å². The monoisotopic (exact) mass is 283 g/mol. The number of halogens is 4. The first-order chi connectivity index (χ1) is 9.39. The molecule has 0 aliphatic heterocycles. The van der Waals surface area contributed by atoms with Crippen LogP contribution in [0.3, 0.4) is 0 Å². The molecule has 0 fully saturated rings. The molecule has 0 spiro atoms. The Hall–Kier alpha value is -2.04. The Balaban J connectivity index is 2.40. The standard InChI is InChI=1S/C15H13F4N/c1-10-6-5-9-12(16)13(10)20-14(15(17,18)19)11-7-3-2-4-8-11/h2-9,14,20H,1H3. The minimum Gasteiger partial charge on any atom is -0.368 e. The van der Waals surface area contributed by atoms with Crippen LogP contribution in [0.5, 0.6) is 0 Å². The van der Waals surface area contributed by atoms with Crippen molar-refractivity contribution < 1.29 is 17.6 Å². The van der Waals surface area contributed by atoms with E-state index in [4.69, 9.17) is 0 Å². The first-order valence-electron chi connectivity index (χ1n) is 6.03. The molecule has 2 aromatic rings. The molecule has 0 saturated carbocycles. The van der Waals surface area contributed by atoms with E-state index in [1.54, 1.807) is 19.1 Å². The molecule has 1 nitrogen and oxygen atoms in total. The van der Waals surface area contributed by atoms with Gasteiger partial charge in [-0.05, 0) is 24.1 Å². The van der Waals surface area contributed by atoms with Crippen molar-refractivity contribution >= 4 is 5.69 Å². The fourth-order valence-electron chi connectivity index (χ4n) is 1.96. The number of benzene rings is 2. The van der Waals surface area contributed by atoms with Crippen LogP contribution >= 0.6 is 0 Å². The van der Waals surface area contributed by atoms with E-state index in [-0.39, 0.29) is 11.3 Å². The number of para-hydroxylation sites is 1. The highest BCUT2D eigenvalue weighted by Crippen LogP contribution is 2.36. The van der Waals surface area contributed by atoms with Gasteiger partial charge in [-0.1, -0.05) is 42.5 Å². The molecule has 0 bridgehead atoms. The van der Waals surface area contributed by atoms with Crippen LogP contribution < -0.4 is 5.32 Å². The maximum absolute atomic E-state index is 13.7. The van der Waals surface area contributed by atoms with Crippen molar-refractivity contribution in [2.24, 2.45) is 0 Å². The first kappa shape index (κ1) is 14.4. The molecule has 0 aliphatic rings. The van der Waals surface area contributed by atoms with Gasteiger partial charge in [0.1, 0.15) is 11.9 Å². The normalized spacial score (nSPS) is 13.1. The fourth-order valence-corrected chi connectivity index (χ4v) is 1.96. The number of nitrogens with one attached hydrogen (secondary N) is 1. The van der Waals surface area contributed by atoms with Crippen molar-refractivity contribution in [2.45, 2.75) is 19.1 Å². The second-order valence-electron chi connectivity index (χ2n) is 4.46. The van der Waals surface area contributed by atoms with Crippen molar-refractivity contribution in [3.63, 3.8) is 0 Å². The quantitative estimate of drug-likeness (QED) is 0.794. The van der Waals surface area contributed by atoms with E-state index in [0.717, 1.165) is 6.07 Å². The average molecular weight is 283 g/mol. The largest absolute Gasteiger partial charge is 0.412 e. The zero-order chi connectivity index (χ0) is 14.8. The van der Waals surface area contributed by atoms with E-state index in [0.29, 0.717) is 5.56 Å². The minimum atomic E-state index is -4.52. The molecule has 1 atom stereocenters. The van der Waals surface area contributed by atoms with Gasteiger partial charge < -0.3 is 5.32 Å². The van der Waals surface area contributed by atoms with Gasteiger partial charge in [-0.3, -0.25) is 0 Å². The molecule has 0 radical (unpaired) electrons. The molecule has 1 unspecified atom stereocenters. The number of anilines is 1. The average Bonchev–Trinajstić information content (AvgIpc) is 2.38. The van der Waals surface area contributed by atoms with Gasteiger partial charge in [0.15, 0.2) is 0 Å². The van der Waals surface area contributed by atoms with Gasteiger partial charge in [-0.15, -0.1) is 0 Å². The predicted octanol–water partition coefficient (Wildman–Crippen LogP) is 4.85. The van der Waals surface area contributed by atoms with Crippen LogP contribution in [0.4, 0.5) is 23.2 Å². The summed E-state index contributed by atoms with van der Waals surface area (Å²) in [6.07, 6.45) is -4.52. The Morgan fingerprint density at radius 1 is 0.950 bits per heavy atom. The van der Waals surface area contributed by atoms with Gasteiger partial charge in [-0.2, -0.15) is 13.2 Å². The van der Waals surface area contributed by atoms with Crippen molar-refractivity contribution in [3.8, 4) is 0 Å². The summed E-state index contributed by atoms with van der Waals surface area (Å²) in [5, 5.41) is 2.27. The van der Waals surface area contributed by atoms with Crippen LogP contribution in [0.15, 0.2) is 48.5 Å². The molecular weight excluding hydrogens is 270 g/mol. The zero-order valence-corrected chi connectivity index (χ0v) is 10.7. The van der Waals surface area contributed by atoms with Crippen molar-refractivity contribution in [1.82, 2.24) is 0 Å². The third kappa shape index (κ3) is 3.10. The molecule has 1 N–H and O–H groups in total. The highest BCUT2D eigenvalue weighted by atomic mass is 19.4. The number of aryl methyl sites for hydroxylation is 1. The number of hydrogen-bond donors (Lipinski definition) is 1. The zero-order valence-electron chi connectivity index (χ0n) is 10.7. The second kappa shape index (κ2) is 5.53. The number of alkyl halides is 3. The van der Waals surface area contributed by atoms with E-state index in [9.17, 15) is 17.6 Å². The number of hydrogen-bond acceptors (Lipinski definition) is 1. The molecule has 2 rings (SSSR count). The van der Waals surface area contributed by atoms with Gasteiger partial charge >= 0.3 is 6.18 Å². The van der Waals surface area contributed by atoms with Crippen LogP contribution in [-0.2, 0) is 0 Å². The lowest BCUT2D eigenvalue weighted by Crippen LogP contribution is -2.28. The maximum atomic E-state index is 13.7. The van der Waals surface area contributed by atoms with Crippen LogP contribution in [0, 0.1) is 12.7 Å². The van der Waals surface area contributed by atoms with Gasteiger partial charge in [0.25, 0.3) is 0 Å². The maximum Gasteiger partial charge on any atom is 0.412 e. The van der Waals surface area contributed by atoms with Crippen molar-refractivity contribution in [3.05, 3.63) is 65.5 Å². The molecule has 5 heteroatoms. The van der Waals surface area contributed by atoms with Gasteiger partial charge in [0.05, 0.1) is 5.69 Å². The summed E-state index contributed by atoms with van der Waals surface area (Å²) in [6.45, 7) is 1.56. The Kier molecular flexibility index (Phi) is 3.97. The fraction of sp³-hybridized carbons (Fsp3) is 0.200. The van der Waals surface area contributed by atoms with Crippen molar-refractivity contribution in [1.29, 1.82) is 0 Å². The topological polar surface area (TPSA) is 12.0 Å². The molecule has 0 heterocycles. The lowest BCUT2D eigenvalue weighted by molar-refractivity contribution is -0.144. The minimum absolute atomic E-state index is 0.0441. The van der Waals surface area contributed by atoms with Gasteiger partial charge in [-0.25, -0.2) is 4.39 Å². The van der Waals surface area contributed by atoms with Gasteiger partial charge in [0.2, 0.25) is 0 Å². The highest BCUT2D eigenvalue weighted by Gasteiger charge is 2.41. The SMILES string of the molecule is Cc1cccc(F)c1NC(c1ccccc1)C(F)(F)F. The lowest BCUT2D eigenvalue weighted by Gasteiger charge is -2.24. The van der Waals surface area contributed by atoms with Crippen LogP contribution in [0.1, 0.15) is 17.2 Å². The molecule has 20 heavy (non-hydrogen) atoms. The molecule has 0 aromatic heterocycles. The predicted molar refractivity (Wildman–Crippen MR) is 70.0 cm³/mol. The van der Waals surface area contributed by atoms with E-state index in [1.165, 1.54) is 30.3 Å². The molecule has 0 amide bonds. The lowest BCUT2D eigenvalue weighted by atomic mass is 10.1. The third-order valence-electron chi connectivity index (χ3n) is 2.97. The molecule has 106 valence electrons. The molecular formula is C15H13F4N. The summed E-state index contributed by atoms with van der Waals surface area (Å²) in [5.41, 5.74) is 0.344. The van der Waals surface area contributed by atoms with Crippen molar-refractivity contribution in [2.75, 3.05) is 5.32 Å². The van der Waals surface area contributed by atoms with E-state index in [2.05, 4.69) is 5.32 Å². The number of rotatable bonds is 3. The first-order valence-corrected chi connectivity index (χ1v) is 6.03. The summed E-state index contributed by atoms with van der Waals surface area (Å²) in [7, 11) is 0. The Bertz CT molecular complexity index is 558. The third-order valence-corrected chi connectivity index (χ3v) is 2.97. The van der Waals surface area contributed by atoms with E-state index < -0.39 is 18.0 Å². The summed E-state index contributed by atoms with van der Waals surface area (Å²) in [5.74, 6) is -0.699. The summed E-state index contributed by atoms with van der Waals surface area (Å²) >= 11 is 0. The van der Waals surface area contributed by atoms with E-state index >= 15 is 0 Å². The summed E-state index contributed by atoms with van der Waals surface area (Å²) < 4.78 is 53.2. The Morgan fingerprint density at radius 3 is 2.15 bits per heavy atom. The van der Waals surface area contributed by atoms with Gasteiger partial charge in [0, 0.05) is 0 Å². The molecule has 0 saturated heterocycles. The van der Waals surface area contributed by atoms with Crippen LogP contribution in [0.25, 0.3) is 0 Å².